The van der Waals surface area contributed by atoms with Crippen molar-refractivity contribution in [1.29, 1.82) is 5.26 Å². The van der Waals surface area contributed by atoms with Gasteiger partial charge in [-0.05, 0) is 30.5 Å². The highest BCUT2D eigenvalue weighted by Gasteiger charge is 2.24. The van der Waals surface area contributed by atoms with Crippen LogP contribution in [0.15, 0.2) is 49.4 Å². The average molecular weight is 474 g/mol. The Labute approximate surface area is 203 Å². The van der Waals surface area contributed by atoms with E-state index >= 15 is 0 Å². The molecular formula is C25H28FN9. The van der Waals surface area contributed by atoms with Gasteiger partial charge >= 0.3 is 0 Å². The van der Waals surface area contributed by atoms with Gasteiger partial charge in [0, 0.05) is 74.7 Å². The second kappa shape index (κ2) is 10.7. The number of nitriles is 1. The van der Waals surface area contributed by atoms with Crippen LogP contribution >= 0.6 is 0 Å². The number of nitrogens with one attached hydrogen (secondary N) is 1. The molecule has 5 rings (SSSR count). The van der Waals surface area contributed by atoms with Crippen molar-refractivity contribution in [2.24, 2.45) is 0 Å². The number of H-pyrrole nitrogens is 1. The molecule has 1 aliphatic rings. The summed E-state index contributed by atoms with van der Waals surface area (Å²) in [6.07, 6.45) is 12.6. The van der Waals surface area contributed by atoms with Crippen LogP contribution in [0.2, 0.25) is 0 Å². The van der Waals surface area contributed by atoms with Crippen LogP contribution in [0.5, 0.6) is 0 Å². The van der Waals surface area contributed by atoms with Crippen LogP contribution in [0.3, 0.4) is 0 Å². The van der Waals surface area contributed by atoms with Crippen LogP contribution in [0, 0.1) is 17.1 Å². The summed E-state index contributed by atoms with van der Waals surface area (Å²) in [5.74, 6) is -0.295. The van der Waals surface area contributed by atoms with E-state index in [1.165, 1.54) is 6.20 Å². The van der Waals surface area contributed by atoms with Crippen molar-refractivity contribution in [3.05, 3.63) is 60.8 Å². The molecule has 1 fully saturated rings. The van der Waals surface area contributed by atoms with Crippen molar-refractivity contribution in [2.75, 3.05) is 26.2 Å². The van der Waals surface area contributed by atoms with Crippen molar-refractivity contribution in [1.82, 2.24) is 39.5 Å². The minimum absolute atomic E-state index is 0.284. The smallest absolute Gasteiger partial charge is 0.141 e. The number of unbranched alkanes of at least 4 members (excludes halogenated alkanes) is 1. The van der Waals surface area contributed by atoms with Crippen LogP contribution in [0.25, 0.3) is 22.3 Å². The van der Waals surface area contributed by atoms with E-state index in [9.17, 15) is 4.39 Å². The number of pyridine rings is 1. The van der Waals surface area contributed by atoms with Crippen molar-refractivity contribution in [3.8, 4) is 17.3 Å². The normalized spacial score (nSPS) is 15.9. The van der Waals surface area contributed by atoms with Gasteiger partial charge in [0.25, 0.3) is 0 Å². The first-order chi connectivity index (χ1) is 17.2. The topological polar surface area (TPSA) is 103 Å². The molecule has 0 aliphatic carbocycles. The highest BCUT2D eigenvalue weighted by Crippen LogP contribution is 2.24. The molecule has 5 heterocycles. The summed E-state index contributed by atoms with van der Waals surface area (Å²) in [5.41, 5.74) is 3.53. The Kier molecular flexibility index (Phi) is 7.07. The van der Waals surface area contributed by atoms with Gasteiger partial charge in [-0.3, -0.25) is 19.5 Å². The number of piperazine rings is 1. The fourth-order valence-electron chi connectivity index (χ4n) is 4.80. The monoisotopic (exact) mass is 473 g/mol. The summed E-state index contributed by atoms with van der Waals surface area (Å²) in [6, 6.07) is 6.08. The zero-order valence-electron chi connectivity index (χ0n) is 19.5. The van der Waals surface area contributed by atoms with Crippen molar-refractivity contribution >= 4 is 11.0 Å². The lowest BCUT2D eigenvalue weighted by atomic mass is 10.1. The summed E-state index contributed by atoms with van der Waals surface area (Å²) >= 11 is 0. The van der Waals surface area contributed by atoms with Gasteiger partial charge in [0.1, 0.15) is 17.8 Å². The molecule has 0 aromatic carbocycles. The third-order valence-corrected chi connectivity index (χ3v) is 6.58. The van der Waals surface area contributed by atoms with Crippen molar-refractivity contribution in [3.63, 3.8) is 0 Å². The maximum absolute atomic E-state index is 13.5. The number of hydrogen-bond donors (Lipinski definition) is 1. The molecule has 0 spiro atoms. The molecule has 1 N–H and O–H groups in total. The SMILES string of the molecule is N#CCCC[C@@H](Cn1cc(-c2ncnc3[nH]ccc23)cn1)N1CCN(Cc2cncc(F)c2)CC1. The maximum atomic E-state index is 13.5. The van der Waals surface area contributed by atoms with E-state index in [2.05, 4.69) is 40.9 Å². The number of nitrogens with zero attached hydrogens (tertiary/aromatic N) is 8. The molecule has 0 amide bonds. The van der Waals surface area contributed by atoms with Crippen LogP contribution < -0.4 is 0 Å². The van der Waals surface area contributed by atoms with Crippen LogP contribution in [-0.2, 0) is 13.1 Å². The van der Waals surface area contributed by atoms with Crippen molar-refractivity contribution in [2.45, 2.75) is 38.4 Å². The zero-order valence-corrected chi connectivity index (χ0v) is 19.5. The van der Waals surface area contributed by atoms with E-state index < -0.39 is 0 Å². The first kappa shape index (κ1) is 23.1. The molecule has 0 unspecified atom stereocenters. The van der Waals surface area contributed by atoms with Crippen LogP contribution in [0.1, 0.15) is 24.8 Å². The van der Waals surface area contributed by atoms with Gasteiger partial charge in [0.2, 0.25) is 0 Å². The minimum Gasteiger partial charge on any atom is -0.346 e. The van der Waals surface area contributed by atoms with E-state index in [0.717, 1.165) is 73.4 Å². The molecule has 0 bridgehead atoms. The Hall–Kier alpha value is -3.68. The predicted molar refractivity (Wildman–Crippen MR) is 129 cm³/mol. The standard InChI is InChI=1S/C25H28FN9/c26-21-11-19(12-28-14-21)15-33-7-9-34(10-8-33)22(3-1-2-5-27)17-35-16-20(13-32-35)24-23-4-6-29-25(23)31-18-30-24/h4,6,11-14,16,18,22H,1-3,7-10,15,17H2,(H,29,30,31)/t22-/m0/s1. The summed E-state index contributed by atoms with van der Waals surface area (Å²) in [7, 11) is 0. The third kappa shape index (κ3) is 5.53. The maximum Gasteiger partial charge on any atom is 0.141 e. The molecule has 1 aliphatic heterocycles. The van der Waals surface area contributed by atoms with Gasteiger partial charge in [0.05, 0.1) is 30.7 Å². The van der Waals surface area contributed by atoms with Gasteiger partial charge in [-0.2, -0.15) is 10.4 Å². The number of aromatic nitrogens is 6. The molecule has 9 nitrogen and oxygen atoms in total. The quantitative estimate of drug-likeness (QED) is 0.372. The number of aromatic amines is 1. The molecule has 1 atom stereocenters. The Morgan fingerprint density at radius 2 is 2.03 bits per heavy atom. The van der Waals surface area contributed by atoms with Gasteiger partial charge in [-0.25, -0.2) is 14.4 Å². The lowest BCUT2D eigenvalue weighted by molar-refractivity contribution is 0.0781. The lowest BCUT2D eigenvalue weighted by Gasteiger charge is -2.39. The van der Waals surface area contributed by atoms with E-state index in [1.807, 2.05) is 29.3 Å². The summed E-state index contributed by atoms with van der Waals surface area (Å²) in [5, 5.41) is 14.6. The van der Waals surface area contributed by atoms with Crippen molar-refractivity contribution < 1.29 is 4.39 Å². The Balaban J connectivity index is 1.24. The number of hydrogen-bond acceptors (Lipinski definition) is 7. The Morgan fingerprint density at radius 3 is 2.86 bits per heavy atom. The predicted octanol–water partition coefficient (Wildman–Crippen LogP) is 3.24. The minimum atomic E-state index is -0.295. The first-order valence-electron chi connectivity index (χ1n) is 11.9. The molecule has 10 heteroatoms. The first-order valence-corrected chi connectivity index (χ1v) is 11.9. The molecule has 4 aromatic rings. The second-order valence-corrected chi connectivity index (χ2v) is 8.94. The van der Waals surface area contributed by atoms with Crippen LogP contribution in [0.4, 0.5) is 4.39 Å². The number of halogens is 1. The van der Waals surface area contributed by atoms with E-state index in [0.29, 0.717) is 13.0 Å². The zero-order chi connectivity index (χ0) is 24.0. The van der Waals surface area contributed by atoms with Crippen LogP contribution in [-0.4, -0.2) is 71.7 Å². The second-order valence-electron chi connectivity index (χ2n) is 8.94. The molecule has 1 saturated heterocycles. The average Bonchev–Trinajstić information content (AvgIpc) is 3.54. The summed E-state index contributed by atoms with van der Waals surface area (Å²) in [6.45, 7) is 5.10. The Bertz CT molecular complexity index is 1300. The third-order valence-electron chi connectivity index (χ3n) is 6.58. The summed E-state index contributed by atoms with van der Waals surface area (Å²) < 4.78 is 15.5. The lowest BCUT2D eigenvalue weighted by Crippen LogP contribution is -2.51. The molecule has 35 heavy (non-hydrogen) atoms. The molecule has 4 aromatic heterocycles. The number of rotatable bonds is 9. The van der Waals surface area contributed by atoms with Gasteiger partial charge in [0.15, 0.2) is 0 Å². The van der Waals surface area contributed by atoms with Gasteiger partial charge in [-0.1, -0.05) is 0 Å². The summed E-state index contributed by atoms with van der Waals surface area (Å²) in [4.78, 5) is 20.7. The van der Waals surface area contributed by atoms with Gasteiger partial charge in [-0.15, -0.1) is 0 Å². The molecule has 0 saturated carbocycles. The largest absolute Gasteiger partial charge is 0.346 e. The fraction of sp³-hybridized carbons (Fsp3) is 0.400. The van der Waals surface area contributed by atoms with E-state index in [4.69, 9.17) is 5.26 Å². The van der Waals surface area contributed by atoms with E-state index in [1.54, 1.807) is 18.6 Å². The highest BCUT2D eigenvalue weighted by atomic mass is 19.1. The molecular weight excluding hydrogens is 445 g/mol. The molecule has 0 radical (unpaired) electrons. The Morgan fingerprint density at radius 1 is 1.14 bits per heavy atom. The molecule has 180 valence electrons. The highest BCUT2D eigenvalue weighted by molar-refractivity contribution is 5.89. The van der Waals surface area contributed by atoms with Gasteiger partial charge < -0.3 is 4.98 Å². The van der Waals surface area contributed by atoms with E-state index in [-0.39, 0.29) is 11.9 Å². The number of fused-ring (bicyclic) bond motifs is 1. The fourth-order valence-corrected chi connectivity index (χ4v) is 4.80.